The summed E-state index contributed by atoms with van der Waals surface area (Å²) < 4.78 is 4.76. The lowest BCUT2D eigenvalue weighted by molar-refractivity contribution is -0.136. The minimum atomic E-state index is -0.544. The van der Waals surface area contributed by atoms with E-state index in [1.807, 2.05) is 5.92 Å². The summed E-state index contributed by atoms with van der Waals surface area (Å²) in [7, 11) is 0. The van der Waals surface area contributed by atoms with Crippen LogP contribution in [0.25, 0.3) is 0 Å². The molecule has 2 heteroatoms. The average molecular weight is 210 g/mol. The summed E-state index contributed by atoms with van der Waals surface area (Å²) in [6.45, 7) is 2.69. The van der Waals surface area contributed by atoms with Crippen LogP contribution in [0, 0.1) is 12.3 Å². The second kappa shape index (κ2) is 11.1. The number of ether oxygens (including phenoxy) is 1. The third-order valence-corrected chi connectivity index (χ3v) is 2.35. The third kappa shape index (κ3) is 11.0. The first-order chi connectivity index (χ1) is 7.31. The van der Waals surface area contributed by atoms with Gasteiger partial charge in [0.15, 0.2) is 0 Å². The normalized spacial score (nSPS) is 9.60. The number of hydrogen-bond donors (Lipinski definition) is 0. The van der Waals surface area contributed by atoms with Gasteiger partial charge in [0.2, 0.25) is 0 Å². The van der Waals surface area contributed by atoms with Gasteiger partial charge >= 0.3 is 5.97 Å². The molecular weight excluding hydrogens is 188 g/mol. The van der Waals surface area contributed by atoms with Crippen LogP contribution in [0.1, 0.15) is 58.3 Å². The first-order valence-electron chi connectivity index (χ1n) is 5.94. The molecule has 0 saturated carbocycles. The van der Waals surface area contributed by atoms with Gasteiger partial charge in [-0.1, -0.05) is 51.9 Å². The highest BCUT2D eigenvalue weighted by atomic mass is 16.5. The highest BCUT2D eigenvalue weighted by molar-refractivity contribution is 5.87. The van der Waals surface area contributed by atoms with E-state index in [-0.39, 0.29) is 0 Å². The molecule has 0 bridgehead atoms. The molecule has 0 amide bonds. The molecule has 0 aromatic carbocycles. The SMILES string of the molecule is C#CC(=O)OCCCCCCCCCC. The van der Waals surface area contributed by atoms with E-state index < -0.39 is 5.97 Å². The maximum Gasteiger partial charge on any atom is 0.384 e. The lowest BCUT2D eigenvalue weighted by Gasteiger charge is -2.01. The monoisotopic (exact) mass is 210 g/mol. The summed E-state index contributed by atoms with van der Waals surface area (Å²) in [6.07, 6.45) is 14.8. The van der Waals surface area contributed by atoms with Crippen LogP contribution in [0.3, 0.4) is 0 Å². The summed E-state index contributed by atoms with van der Waals surface area (Å²) in [5.41, 5.74) is 0. The number of esters is 1. The van der Waals surface area contributed by atoms with Gasteiger partial charge in [0.25, 0.3) is 0 Å². The van der Waals surface area contributed by atoms with Crippen LogP contribution in [0.5, 0.6) is 0 Å². The van der Waals surface area contributed by atoms with Crippen molar-refractivity contribution in [2.45, 2.75) is 58.3 Å². The predicted octanol–water partition coefficient (Wildman–Crippen LogP) is 3.30. The molecule has 0 spiro atoms. The van der Waals surface area contributed by atoms with Crippen LogP contribution >= 0.6 is 0 Å². The molecule has 0 radical (unpaired) electrons. The van der Waals surface area contributed by atoms with Crippen LogP contribution in [-0.2, 0) is 9.53 Å². The summed E-state index contributed by atoms with van der Waals surface area (Å²) in [4.78, 5) is 10.6. The van der Waals surface area contributed by atoms with Crippen LogP contribution < -0.4 is 0 Å². The molecule has 0 aromatic rings. The number of carbonyl (C=O) groups excluding carboxylic acids is 1. The van der Waals surface area contributed by atoms with Crippen molar-refractivity contribution in [1.29, 1.82) is 0 Å². The second-order valence-corrected chi connectivity index (χ2v) is 3.76. The van der Waals surface area contributed by atoms with E-state index in [4.69, 9.17) is 11.2 Å². The van der Waals surface area contributed by atoms with Gasteiger partial charge in [-0.05, 0) is 6.42 Å². The number of terminal acetylenes is 1. The molecule has 0 aliphatic rings. The largest absolute Gasteiger partial charge is 0.456 e. The second-order valence-electron chi connectivity index (χ2n) is 3.76. The molecule has 2 nitrogen and oxygen atoms in total. The summed E-state index contributed by atoms with van der Waals surface area (Å²) in [5, 5.41) is 0. The topological polar surface area (TPSA) is 26.3 Å². The lowest BCUT2D eigenvalue weighted by Crippen LogP contribution is -2.02. The highest BCUT2D eigenvalue weighted by Crippen LogP contribution is 2.08. The number of hydrogen-bond acceptors (Lipinski definition) is 2. The van der Waals surface area contributed by atoms with E-state index in [2.05, 4.69) is 6.92 Å². The van der Waals surface area contributed by atoms with Crippen molar-refractivity contribution < 1.29 is 9.53 Å². The van der Waals surface area contributed by atoms with Crippen LogP contribution in [0.2, 0.25) is 0 Å². The summed E-state index contributed by atoms with van der Waals surface area (Å²) >= 11 is 0. The van der Waals surface area contributed by atoms with E-state index in [9.17, 15) is 4.79 Å². The average Bonchev–Trinajstić information content (AvgIpc) is 2.26. The fourth-order valence-electron chi connectivity index (χ4n) is 1.44. The molecule has 0 aliphatic carbocycles. The molecule has 0 saturated heterocycles. The molecule has 0 rings (SSSR count). The summed E-state index contributed by atoms with van der Waals surface area (Å²) in [6, 6.07) is 0. The van der Waals surface area contributed by atoms with E-state index in [1.165, 1.54) is 38.5 Å². The maximum absolute atomic E-state index is 10.6. The van der Waals surface area contributed by atoms with Gasteiger partial charge in [-0.2, -0.15) is 0 Å². The Balaban J connectivity index is 2.99. The van der Waals surface area contributed by atoms with E-state index in [0.29, 0.717) is 6.61 Å². The predicted molar refractivity (Wildman–Crippen MR) is 62.4 cm³/mol. The molecule has 0 aliphatic heterocycles. The molecule has 0 N–H and O–H groups in total. The number of rotatable bonds is 9. The standard InChI is InChI=1S/C13H22O2/c1-3-5-6-7-8-9-10-11-12-15-13(14)4-2/h2H,3,5-12H2,1H3. The van der Waals surface area contributed by atoms with Gasteiger partial charge in [0, 0.05) is 5.92 Å². The Bertz CT molecular complexity index is 191. The van der Waals surface area contributed by atoms with E-state index >= 15 is 0 Å². The zero-order valence-electron chi connectivity index (χ0n) is 9.76. The van der Waals surface area contributed by atoms with Crippen molar-refractivity contribution in [3.8, 4) is 12.3 Å². The fraction of sp³-hybridized carbons (Fsp3) is 0.769. The number of unbranched alkanes of at least 4 members (excludes halogenated alkanes) is 7. The molecule has 0 atom stereocenters. The van der Waals surface area contributed by atoms with Crippen molar-refractivity contribution in [1.82, 2.24) is 0 Å². The Kier molecular flexibility index (Phi) is 10.4. The van der Waals surface area contributed by atoms with Crippen molar-refractivity contribution in [3.05, 3.63) is 0 Å². The van der Waals surface area contributed by atoms with E-state index in [0.717, 1.165) is 12.8 Å². The molecule has 0 unspecified atom stereocenters. The van der Waals surface area contributed by atoms with Gasteiger partial charge in [-0.3, -0.25) is 0 Å². The smallest absolute Gasteiger partial charge is 0.384 e. The molecule has 0 aromatic heterocycles. The Hall–Kier alpha value is -0.970. The van der Waals surface area contributed by atoms with E-state index in [1.54, 1.807) is 0 Å². The van der Waals surface area contributed by atoms with Crippen LogP contribution in [0.15, 0.2) is 0 Å². The molecule has 0 fully saturated rings. The number of carbonyl (C=O) groups is 1. The van der Waals surface area contributed by atoms with Gasteiger partial charge in [-0.15, -0.1) is 6.42 Å². The highest BCUT2D eigenvalue weighted by Gasteiger charge is 1.95. The Morgan fingerprint density at radius 1 is 1.07 bits per heavy atom. The van der Waals surface area contributed by atoms with Crippen molar-refractivity contribution in [3.63, 3.8) is 0 Å². The quantitative estimate of drug-likeness (QED) is 0.252. The van der Waals surface area contributed by atoms with Gasteiger partial charge in [-0.25, -0.2) is 4.79 Å². The van der Waals surface area contributed by atoms with Crippen LogP contribution in [0.4, 0.5) is 0 Å². The molecule has 86 valence electrons. The zero-order valence-corrected chi connectivity index (χ0v) is 9.76. The fourth-order valence-corrected chi connectivity index (χ4v) is 1.44. The van der Waals surface area contributed by atoms with Gasteiger partial charge < -0.3 is 4.74 Å². The molecular formula is C13H22O2. The van der Waals surface area contributed by atoms with Crippen molar-refractivity contribution in [2.75, 3.05) is 6.61 Å². The Morgan fingerprint density at radius 2 is 1.60 bits per heavy atom. The first-order valence-corrected chi connectivity index (χ1v) is 5.94. The minimum Gasteiger partial charge on any atom is -0.456 e. The molecule has 15 heavy (non-hydrogen) atoms. The lowest BCUT2D eigenvalue weighted by atomic mass is 10.1. The Morgan fingerprint density at radius 3 is 2.13 bits per heavy atom. The Labute approximate surface area is 93.4 Å². The maximum atomic E-state index is 10.6. The van der Waals surface area contributed by atoms with Gasteiger partial charge in [0.05, 0.1) is 6.61 Å². The zero-order chi connectivity index (χ0) is 11.4. The first kappa shape index (κ1) is 14.0. The third-order valence-electron chi connectivity index (χ3n) is 2.35. The van der Waals surface area contributed by atoms with Crippen LogP contribution in [-0.4, -0.2) is 12.6 Å². The minimum absolute atomic E-state index is 0.470. The van der Waals surface area contributed by atoms with Crippen molar-refractivity contribution >= 4 is 5.97 Å². The summed E-state index contributed by atoms with van der Waals surface area (Å²) in [5.74, 6) is 1.39. The molecule has 0 heterocycles. The van der Waals surface area contributed by atoms with Crippen molar-refractivity contribution in [2.24, 2.45) is 0 Å². The van der Waals surface area contributed by atoms with Gasteiger partial charge in [0.1, 0.15) is 0 Å².